The van der Waals surface area contributed by atoms with Gasteiger partial charge >= 0.3 is 0 Å². The summed E-state index contributed by atoms with van der Waals surface area (Å²) in [6, 6.07) is 25.3. The third-order valence-electron chi connectivity index (χ3n) is 4.19. The van der Waals surface area contributed by atoms with Gasteiger partial charge in [0.05, 0.1) is 0 Å². The van der Waals surface area contributed by atoms with Crippen molar-refractivity contribution in [3.05, 3.63) is 92.9 Å². The highest BCUT2D eigenvalue weighted by Gasteiger charge is 2.01. The van der Waals surface area contributed by atoms with E-state index in [0.29, 0.717) is 0 Å². The van der Waals surface area contributed by atoms with E-state index in [1.807, 2.05) is 0 Å². The van der Waals surface area contributed by atoms with E-state index in [9.17, 15) is 0 Å². The monoisotopic (exact) mass is 518 g/mol. The van der Waals surface area contributed by atoms with Crippen LogP contribution in [0.15, 0.2) is 81.7 Å². The number of hydrogen-bond donors (Lipinski definition) is 0. The molecule has 0 spiro atoms. The van der Waals surface area contributed by atoms with E-state index in [2.05, 4.69) is 128 Å². The van der Waals surface area contributed by atoms with Crippen LogP contribution in [0.2, 0.25) is 0 Å². The lowest BCUT2D eigenvalue weighted by molar-refractivity contribution is 1.48. The Hall–Kier alpha value is -1.16. The summed E-state index contributed by atoms with van der Waals surface area (Å²) in [5, 5.41) is 6.11. The van der Waals surface area contributed by atoms with Crippen molar-refractivity contribution in [1.29, 1.82) is 0 Å². The van der Waals surface area contributed by atoms with Crippen molar-refractivity contribution in [3.8, 4) is 0 Å². The van der Waals surface area contributed by atoms with E-state index in [1.54, 1.807) is 0 Å². The Bertz CT molecular complexity index is 982. The van der Waals surface area contributed by atoms with E-state index in [4.69, 9.17) is 0 Å². The SMILES string of the molecule is BrCc1ccc(Br)c2ccccc12.Cc1ccc(Br)c2ccccc12. The standard InChI is InChI=1S/C11H8Br2.C11H9Br/c12-7-8-5-6-11(13)10-4-2-1-3-9(8)10;1-8-6-7-11(12)10-5-3-2-4-9(8)10/h1-6H,7H2;2-7H,1H3. The summed E-state index contributed by atoms with van der Waals surface area (Å²) in [6.07, 6.45) is 0. The molecular weight excluding hydrogens is 504 g/mol. The maximum absolute atomic E-state index is 3.54. The predicted molar refractivity (Wildman–Crippen MR) is 121 cm³/mol. The first kappa shape index (κ1) is 18.6. The third-order valence-corrected chi connectivity index (χ3v) is 6.18. The van der Waals surface area contributed by atoms with Gasteiger partial charge in [0.15, 0.2) is 0 Å². The number of rotatable bonds is 1. The van der Waals surface area contributed by atoms with Gasteiger partial charge in [-0.25, -0.2) is 0 Å². The molecule has 4 aromatic carbocycles. The molecule has 126 valence electrons. The number of aryl methyl sites for hydroxylation is 1. The molecule has 0 aliphatic carbocycles. The maximum atomic E-state index is 3.54. The van der Waals surface area contributed by atoms with Crippen molar-refractivity contribution in [2.24, 2.45) is 0 Å². The Morgan fingerprint density at radius 1 is 0.600 bits per heavy atom. The van der Waals surface area contributed by atoms with Gasteiger partial charge < -0.3 is 0 Å². The third kappa shape index (κ3) is 4.16. The van der Waals surface area contributed by atoms with Crippen LogP contribution in [0.4, 0.5) is 0 Å². The summed E-state index contributed by atoms with van der Waals surface area (Å²) in [5.41, 5.74) is 2.66. The molecule has 0 N–H and O–H groups in total. The lowest BCUT2D eigenvalue weighted by Gasteiger charge is -2.04. The van der Waals surface area contributed by atoms with E-state index < -0.39 is 0 Å². The normalized spacial score (nSPS) is 10.6. The molecule has 0 nitrogen and oxygen atoms in total. The fraction of sp³-hybridized carbons (Fsp3) is 0.0909. The van der Waals surface area contributed by atoms with Crippen molar-refractivity contribution < 1.29 is 0 Å². The highest BCUT2D eigenvalue weighted by Crippen LogP contribution is 2.28. The van der Waals surface area contributed by atoms with Gasteiger partial charge in [0.2, 0.25) is 0 Å². The summed E-state index contributed by atoms with van der Waals surface area (Å²) in [4.78, 5) is 0. The number of hydrogen-bond acceptors (Lipinski definition) is 0. The minimum absolute atomic E-state index is 0.904. The van der Waals surface area contributed by atoms with Gasteiger partial charge in [0.1, 0.15) is 0 Å². The van der Waals surface area contributed by atoms with Crippen LogP contribution in [0.1, 0.15) is 11.1 Å². The van der Waals surface area contributed by atoms with Crippen LogP contribution in [0.5, 0.6) is 0 Å². The lowest BCUT2D eigenvalue weighted by Crippen LogP contribution is -1.81. The molecule has 0 atom stereocenters. The Kier molecular flexibility index (Phi) is 6.32. The van der Waals surface area contributed by atoms with Crippen molar-refractivity contribution in [2.45, 2.75) is 12.3 Å². The van der Waals surface area contributed by atoms with Crippen molar-refractivity contribution in [2.75, 3.05) is 0 Å². The van der Waals surface area contributed by atoms with Gasteiger partial charge in [0.25, 0.3) is 0 Å². The number of halogens is 3. The van der Waals surface area contributed by atoms with Crippen LogP contribution in [0, 0.1) is 6.92 Å². The van der Waals surface area contributed by atoms with E-state index in [-0.39, 0.29) is 0 Å². The summed E-state index contributed by atoms with van der Waals surface area (Å²) in [5.74, 6) is 0. The summed E-state index contributed by atoms with van der Waals surface area (Å²) < 4.78 is 2.33. The Morgan fingerprint density at radius 3 is 1.64 bits per heavy atom. The first-order valence-corrected chi connectivity index (χ1v) is 10.7. The van der Waals surface area contributed by atoms with Gasteiger partial charge in [0, 0.05) is 14.3 Å². The molecule has 0 aliphatic rings. The second kappa shape index (κ2) is 8.48. The van der Waals surface area contributed by atoms with Gasteiger partial charge in [-0.2, -0.15) is 0 Å². The molecule has 0 saturated carbocycles. The van der Waals surface area contributed by atoms with E-state index >= 15 is 0 Å². The van der Waals surface area contributed by atoms with Gasteiger partial charge in [-0.3, -0.25) is 0 Å². The lowest BCUT2D eigenvalue weighted by atomic mass is 10.1. The molecule has 0 unspecified atom stereocenters. The molecule has 0 heterocycles. The van der Waals surface area contributed by atoms with Gasteiger partial charge in [-0.1, -0.05) is 108 Å². The fourth-order valence-electron chi connectivity index (χ4n) is 2.85. The largest absolute Gasteiger partial charge is 0.0876 e. The smallest absolute Gasteiger partial charge is 0.0289 e. The molecule has 0 amide bonds. The van der Waals surface area contributed by atoms with Crippen molar-refractivity contribution >= 4 is 69.3 Å². The molecule has 25 heavy (non-hydrogen) atoms. The first-order chi connectivity index (χ1) is 12.1. The van der Waals surface area contributed by atoms with Gasteiger partial charge in [-0.15, -0.1) is 0 Å². The average molecular weight is 521 g/mol. The zero-order valence-corrected chi connectivity index (χ0v) is 18.5. The van der Waals surface area contributed by atoms with E-state index in [1.165, 1.54) is 37.1 Å². The summed E-state index contributed by atoms with van der Waals surface area (Å²) in [6.45, 7) is 2.13. The molecular formula is C22H17Br3. The highest BCUT2D eigenvalue weighted by molar-refractivity contribution is 9.11. The molecule has 3 heteroatoms. The van der Waals surface area contributed by atoms with Gasteiger partial charge in [-0.05, 0) is 51.7 Å². The average Bonchev–Trinajstić information content (AvgIpc) is 2.66. The predicted octanol–water partition coefficient (Wildman–Crippen LogP) is 8.41. The molecule has 4 aromatic rings. The second-order valence-electron chi connectivity index (χ2n) is 5.80. The number of benzene rings is 4. The van der Waals surface area contributed by atoms with E-state index in [0.717, 1.165) is 9.80 Å². The minimum atomic E-state index is 0.904. The molecule has 0 aliphatic heterocycles. The number of fused-ring (bicyclic) bond motifs is 2. The van der Waals surface area contributed by atoms with Crippen LogP contribution in [0.25, 0.3) is 21.5 Å². The molecule has 0 saturated heterocycles. The molecule has 4 rings (SSSR count). The zero-order valence-electron chi connectivity index (χ0n) is 13.8. The Balaban J connectivity index is 0.000000146. The van der Waals surface area contributed by atoms with Crippen LogP contribution in [-0.4, -0.2) is 0 Å². The van der Waals surface area contributed by atoms with Crippen molar-refractivity contribution in [1.82, 2.24) is 0 Å². The van der Waals surface area contributed by atoms with Crippen LogP contribution in [0.3, 0.4) is 0 Å². The quantitative estimate of drug-likeness (QED) is 0.221. The maximum Gasteiger partial charge on any atom is 0.0289 e. The zero-order chi connectivity index (χ0) is 17.8. The fourth-order valence-corrected chi connectivity index (χ4v) is 4.30. The van der Waals surface area contributed by atoms with Crippen LogP contribution >= 0.6 is 47.8 Å². The summed E-state index contributed by atoms with van der Waals surface area (Å²) >= 11 is 10.6. The Morgan fingerprint density at radius 2 is 1.08 bits per heavy atom. The first-order valence-electron chi connectivity index (χ1n) is 7.97. The summed E-state index contributed by atoms with van der Waals surface area (Å²) in [7, 11) is 0. The Labute approximate surface area is 173 Å². The number of alkyl halides is 1. The molecule has 0 fully saturated rings. The molecule has 0 radical (unpaired) electrons. The second-order valence-corrected chi connectivity index (χ2v) is 8.06. The minimum Gasteiger partial charge on any atom is -0.0876 e. The molecule has 0 aromatic heterocycles. The highest BCUT2D eigenvalue weighted by atomic mass is 79.9. The molecule has 0 bridgehead atoms. The van der Waals surface area contributed by atoms with Crippen molar-refractivity contribution in [3.63, 3.8) is 0 Å². The van der Waals surface area contributed by atoms with Crippen LogP contribution < -0.4 is 0 Å². The topological polar surface area (TPSA) is 0 Å². The van der Waals surface area contributed by atoms with Crippen LogP contribution in [-0.2, 0) is 5.33 Å².